The van der Waals surface area contributed by atoms with Crippen molar-refractivity contribution < 1.29 is 14.5 Å². The Morgan fingerprint density at radius 3 is 2.00 bits per heavy atom. The van der Waals surface area contributed by atoms with Crippen LogP contribution in [0.4, 0.5) is 5.69 Å². The van der Waals surface area contributed by atoms with Crippen molar-refractivity contribution in [2.45, 2.75) is 0 Å². The maximum atomic E-state index is 11.8. The Labute approximate surface area is 110 Å². The first kappa shape index (κ1) is 14.6. The fourth-order valence-electron chi connectivity index (χ4n) is 1.50. The lowest BCUT2D eigenvalue weighted by molar-refractivity contribution is -0.385. The number of benzene rings is 1. The van der Waals surface area contributed by atoms with Gasteiger partial charge in [0.2, 0.25) is 0 Å². The first-order valence-electron chi connectivity index (χ1n) is 5.47. The molecular formula is C12H15N3O4. The van der Waals surface area contributed by atoms with E-state index >= 15 is 0 Å². The quantitative estimate of drug-likeness (QED) is 0.603. The Balaban J connectivity index is 3.35. The summed E-state index contributed by atoms with van der Waals surface area (Å²) in [6.07, 6.45) is 0. The molecule has 0 aromatic heterocycles. The van der Waals surface area contributed by atoms with Gasteiger partial charge in [0.25, 0.3) is 17.5 Å². The summed E-state index contributed by atoms with van der Waals surface area (Å²) in [6, 6.07) is 3.84. The zero-order valence-electron chi connectivity index (χ0n) is 11.2. The summed E-state index contributed by atoms with van der Waals surface area (Å²) in [5.41, 5.74) is -0.233. The lowest BCUT2D eigenvalue weighted by Gasteiger charge is -2.13. The average Bonchev–Trinajstić information content (AvgIpc) is 2.35. The number of carbonyl (C=O) groups excluding carboxylic acids is 2. The highest BCUT2D eigenvalue weighted by Gasteiger charge is 2.23. The van der Waals surface area contributed by atoms with Gasteiger partial charge in [0.15, 0.2) is 0 Å². The number of nitrogens with zero attached hydrogens (tertiary/aromatic N) is 3. The Hall–Kier alpha value is -2.44. The largest absolute Gasteiger partial charge is 0.345 e. The molecule has 0 N–H and O–H groups in total. The van der Waals surface area contributed by atoms with Gasteiger partial charge in [-0.2, -0.15) is 0 Å². The number of carbonyl (C=O) groups is 2. The third-order valence-corrected chi connectivity index (χ3v) is 2.48. The Morgan fingerprint density at radius 2 is 1.58 bits per heavy atom. The van der Waals surface area contributed by atoms with Crippen LogP contribution in [-0.2, 0) is 0 Å². The smallest absolute Gasteiger partial charge is 0.282 e. The van der Waals surface area contributed by atoms with Crippen molar-refractivity contribution >= 4 is 17.5 Å². The third kappa shape index (κ3) is 3.06. The van der Waals surface area contributed by atoms with Crippen molar-refractivity contribution in [1.29, 1.82) is 0 Å². The van der Waals surface area contributed by atoms with Crippen molar-refractivity contribution in [3.63, 3.8) is 0 Å². The molecule has 7 heteroatoms. The first-order valence-corrected chi connectivity index (χ1v) is 5.47. The first-order chi connectivity index (χ1) is 8.75. The molecule has 0 heterocycles. The maximum Gasteiger partial charge on any atom is 0.282 e. The number of hydrogen-bond acceptors (Lipinski definition) is 4. The van der Waals surface area contributed by atoms with Gasteiger partial charge >= 0.3 is 0 Å². The van der Waals surface area contributed by atoms with Gasteiger partial charge in [0.1, 0.15) is 5.56 Å². The zero-order valence-corrected chi connectivity index (χ0v) is 11.2. The van der Waals surface area contributed by atoms with Crippen molar-refractivity contribution in [1.82, 2.24) is 9.80 Å². The van der Waals surface area contributed by atoms with E-state index in [-0.39, 0.29) is 22.7 Å². The summed E-state index contributed by atoms with van der Waals surface area (Å²) < 4.78 is 0. The lowest BCUT2D eigenvalue weighted by atomic mass is 10.1. The van der Waals surface area contributed by atoms with Gasteiger partial charge in [-0.05, 0) is 12.1 Å². The predicted octanol–water partition coefficient (Wildman–Crippen LogP) is 0.998. The molecule has 0 aliphatic carbocycles. The Bertz CT molecular complexity index is 538. The summed E-state index contributed by atoms with van der Waals surface area (Å²) in [5.74, 6) is -0.831. The van der Waals surface area contributed by atoms with E-state index in [9.17, 15) is 19.7 Å². The van der Waals surface area contributed by atoms with Crippen molar-refractivity contribution in [3.05, 3.63) is 39.4 Å². The summed E-state index contributed by atoms with van der Waals surface area (Å²) in [6.45, 7) is 0. The highest BCUT2D eigenvalue weighted by Crippen LogP contribution is 2.22. The van der Waals surface area contributed by atoms with E-state index in [0.29, 0.717) is 0 Å². The van der Waals surface area contributed by atoms with Crippen LogP contribution in [0.1, 0.15) is 20.7 Å². The van der Waals surface area contributed by atoms with Crippen LogP contribution in [0.25, 0.3) is 0 Å². The van der Waals surface area contributed by atoms with Crippen LogP contribution < -0.4 is 0 Å². The van der Waals surface area contributed by atoms with E-state index in [2.05, 4.69) is 0 Å². The fraction of sp³-hybridized carbons (Fsp3) is 0.333. The van der Waals surface area contributed by atoms with Crippen molar-refractivity contribution in [2.75, 3.05) is 28.2 Å². The standard InChI is InChI=1S/C12H15N3O4/c1-13(2)11(16)8-5-6-9(12(17)14(3)4)10(7-8)15(18)19/h5-7H,1-4H3. The van der Waals surface area contributed by atoms with Crippen molar-refractivity contribution in [3.8, 4) is 0 Å². The highest BCUT2D eigenvalue weighted by atomic mass is 16.6. The minimum atomic E-state index is -0.664. The molecule has 2 amide bonds. The normalized spacial score (nSPS) is 9.89. The van der Waals surface area contributed by atoms with Crippen LogP contribution in [0.3, 0.4) is 0 Å². The van der Waals surface area contributed by atoms with Crippen LogP contribution in [0.15, 0.2) is 18.2 Å². The SMILES string of the molecule is CN(C)C(=O)c1ccc(C(=O)N(C)C)c([N+](=O)[O-])c1. The van der Waals surface area contributed by atoms with E-state index < -0.39 is 10.8 Å². The molecule has 0 unspecified atom stereocenters. The van der Waals surface area contributed by atoms with Crippen LogP contribution >= 0.6 is 0 Å². The molecule has 0 saturated heterocycles. The molecule has 0 aliphatic heterocycles. The van der Waals surface area contributed by atoms with Gasteiger partial charge in [-0.1, -0.05) is 0 Å². The number of nitro groups is 1. The minimum absolute atomic E-state index is 0.0368. The van der Waals surface area contributed by atoms with Gasteiger partial charge in [-0.3, -0.25) is 19.7 Å². The molecule has 1 rings (SSSR count). The monoisotopic (exact) mass is 265 g/mol. The fourth-order valence-corrected chi connectivity index (χ4v) is 1.50. The van der Waals surface area contributed by atoms with E-state index in [1.165, 1.54) is 36.0 Å². The van der Waals surface area contributed by atoms with Gasteiger partial charge < -0.3 is 9.80 Å². The number of hydrogen-bond donors (Lipinski definition) is 0. The van der Waals surface area contributed by atoms with E-state index in [0.717, 1.165) is 6.07 Å². The van der Waals surface area contributed by atoms with E-state index in [1.807, 2.05) is 0 Å². The molecule has 0 radical (unpaired) electrons. The molecular weight excluding hydrogens is 250 g/mol. The highest BCUT2D eigenvalue weighted by molar-refractivity contribution is 6.01. The molecule has 102 valence electrons. The summed E-state index contributed by atoms with van der Waals surface area (Å²) in [7, 11) is 6.11. The summed E-state index contributed by atoms with van der Waals surface area (Å²) in [4.78, 5) is 36.5. The predicted molar refractivity (Wildman–Crippen MR) is 69.1 cm³/mol. The molecule has 0 aliphatic rings. The molecule has 0 fully saturated rings. The summed E-state index contributed by atoms with van der Waals surface area (Å²) in [5, 5.41) is 11.0. The van der Waals surface area contributed by atoms with Crippen LogP contribution in [0, 0.1) is 10.1 Å². The van der Waals surface area contributed by atoms with Crippen LogP contribution in [-0.4, -0.2) is 54.7 Å². The molecule has 0 spiro atoms. The molecule has 1 aromatic carbocycles. The molecule has 19 heavy (non-hydrogen) atoms. The summed E-state index contributed by atoms with van der Waals surface area (Å²) >= 11 is 0. The number of nitro benzene ring substituents is 1. The zero-order chi connectivity index (χ0) is 14.7. The van der Waals surface area contributed by atoms with E-state index in [1.54, 1.807) is 14.1 Å². The minimum Gasteiger partial charge on any atom is -0.345 e. The van der Waals surface area contributed by atoms with Gasteiger partial charge in [0.05, 0.1) is 4.92 Å². The molecule has 0 atom stereocenters. The Morgan fingerprint density at radius 1 is 1.05 bits per heavy atom. The molecule has 7 nitrogen and oxygen atoms in total. The maximum absolute atomic E-state index is 11.8. The molecule has 0 saturated carbocycles. The van der Waals surface area contributed by atoms with Gasteiger partial charge in [-0.15, -0.1) is 0 Å². The Kier molecular flexibility index (Phi) is 4.21. The second-order valence-corrected chi connectivity index (χ2v) is 4.39. The van der Waals surface area contributed by atoms with Crippen LogP contribution in [0.5, 0.6) is 0 Å². The number of rotatable bonds is 3. The van der Waals surface area contributed by atoms with E-state index in [4.69, 9.17) is 0 Å². The third-order valence-electron chi connectivity index (χ3n) is 2.48. The molecule has 1 aromatic rings. The van der Waals surface area contributed by atoms with Gasteiger partial charge in [-0.25, -0.2) is 0 Å². The topological polar surface area (TPSA) is 83.8 Å². The second-order valence-electron chi connectivity index (χ2n) is 4.39. The lowest BCUT2D eigenvalue weighted by Crippen LogP contribution is -2.24. The average molecular weight is 265 g/mol. The van der Waals surface area contributed by atoms with Crippen LogP contribution in [0.2, 0.25) is 0 Å². The van der Waals surface area contributed by atoms with Gasteiger partial charge in [0, 0.05) is 39.8 Å². The number of amides is 2. The second kappa shape index (κ2) is 5.47. The molecule has 0 bridgehead atoms. The van der Waals surface area contributed by atoms with Crippen molar-refractivity contribution in [2.24, 2.45) is 0 Å².